The summed E-state index contributed by atoms with van der Waals surface area (Å²) in [6, 6.07) is 24.9. The van der Waals surface area contributed by atoms with Gasteiger partial charge in [0, 0.05) is 83.9 Å². The normalized spacial score (nSPS) is 20.1. The second kappa shape index (κ2) is 13.5. The molecule has 1 N–H and O–H groups in total. The van der Waals surface area contributed by atoms with Gasteiger partial charge in [-0.3, -0.25) is 14.7 Å². The van der Waals surface area contributed by atoms with Crippen LogP contribution in [0, 0.1) is 12.8 Å². The van der Waals surface area contributed by atoms with E-state index in [4.69, 9.17) is 0 Å². The first-order chi connectivity index (χ1) is 22.4. The Balaban J connectivity index is 1.01. The van der Waals surface area contributed by atoms with Crippen LogP contribution < -0.4 is 0 Å². The molecule has 2 atom stereocenters. The quantitative estimate of drug-likeness (QED) is 0.198. The third-order valence-electron chi connectivity index (χ3n) is 9.59. The van der Waals surface area contributed by atoms with Crippen LogP contribution in [0.1, 0.15) is 46.9 Å². The molecule has 2 saturated heterocycles. The van der Waals surface area contributed by atoms with Crippen LogP contribution in [0.3, 0.4) is 0 Å². The third-order valence-corrected chi connectivity index (χ3v) is 11.2. The van der Waals surface area contributed by atoms with Gasteiger partial charge in [-0.05, 0) is 73.6 Å². The van der Waals surface area contributed by atoms with E-state index in [1.165, 1.54) is 22.0 Å². The molecule has 2 fully saturated rings. The number of piperidine rings is 2. The first kappa shape index (κ1) is 30.9. The number of aryl methyl sites for hydroxylation is 1. The predicted molar refractivity (Wildman–Crippen MR) is 185 cm³/mol. The van der Waals surface area contributed by atoms with Crippen molar-refractivity contribution in [1.82, 2.24) is 24.1 Å². The van der Waals surface area contributed by atoms with Crippen molar-refractivity contribution in [2.75, 3.05) is 26.2 Å². The van der Waals surface area contributed by atoms with E-state index in [0.29, 0.717) is 32.4 Å². The molecule has 5 heterocycles. The van der Waals surface area contributed by atoms with E-state index >= 15 is 0 Å². The molecule has 1 amide bonds. The molecule has 7 nitrogen and oxygen atoms in total. The molecule has 0 radical (unpaired) electrons. The number of likely N-dealkylation sites (tertiary alicyclic amines) is 2. The molecule has 0 unspecified atom stereocenters. The van der Waals surface area contributed by atoms with Crippen LogP contribution in [-0.2, 0) is 17.8 Å². The Labute approximate surface area is 278 Å². The van der Waals surface area contributed by atoms with Gasteiger partial charge in [-0.25, -0.2) is 4.98 Å². The van der Waals surface area contributed by atoms with Crippen LogP contribution in [0.15, 0.2) is 90.6 Å². The summed E-state index contributed by atoms with van der Waals surface area (Å²) in [4.78, 5) is 29.0. The lowest BCUT2D eigenvalue weighted by molar-refractivity contribution is -0.142. The molecule has 2 aromatic carbocycles. The first-order valence-corrected chi connectivity index (χ1v) is 17.7. The smallest absolute Gasteiger partial charge is 0.226 e. The van der Waals surface area contributed by atoms with Crippen molar-refractivity contribution in [3.8, 4) is 21.8 Å². The van der Waals surface area contributed by atoms with Gasteiger partial charge in [-0.2, -0.15) is 4.37 Å². The summed E-state index contributed by atoms with van der Waals surface area (Å²) >= 11 is 3.16. The maximum Gasteiger partial charge on any atom is 0.226 e. The summed E-state index contributed by atoms with van der Waals surface area (Å²) in [5.41, 5.74) is 5.56. The molecule has 46 heavy (non-hydrogen) atoms. The van der Waals surface area contributed by atoms with Crippen LogP contribution in [0.25, 0.3) is 21.8 Å². The number of aliphatic hydroxyl groups is 1. The minimum atomic E-state index is -0.840. The number of carbonyl (C=O) groups excluding carboxylic acids is 1. The highest BCUT2D eigenvalue weighted by atomic mass is 32.1. The second-order valence-electron chi connectivity index (χ2n) is 12.7. The summed E-state index contributed by atoms with van der Waals surface area (Å²) in [6.45, 7) is 5.65. The van der Waals surface area contributed by atoms with E-state index in [1.54, 1.807) is 11.3 Å². The summed E-state index contributed by atoms with van der Waals surface area (Å²) in [5, 5.41) is 14.7. The second-order valence-corrected chi connectivity index (χ2v) is 14.5. The van der Waals surface area contributed by atoms with Gasteiger partial charge in [0.15, 0.2) is 0 Å². The van der Waals surface area contributed by atoms with Crippen molar-refractivity contribution >= 4 is 28.8 Å². The summed E-state index contributed by atoms with van der Waals surface area (Å²) in [6.07, 6.45) is 6.40. The maximum atomic E-state index is 14.2. The Morgan fingerprint density at radius 1 is 0.957 bits per heavy atom. The van der Waals surface area contributed by atoms with Crippen LogP contribution in [0.5, 0.6) is 0 Å². The number of nitrogens with zero attached hydrogens (tertiary/aromatic N) is 5. The predicted octanol–water partition coefficient (Wildman–Crippen LogP) is 6.84. The lowest BCUT2D eigenvalue weighted by Crippen LogP contribution is -2.52. The van der Waals surface area contributed by atoms with Crippen molar-refractivity contribution in [3.63, 3.8) is 0 Å². The highest BCUT2D eigenvalue weighted by Gasteiger charge is 2.41. The number of aromatic nitrogens is 3. The number of pyridine rings is 1. The largest absolute Gasteiger partial charge is 0.389 e. The lowest BCUT2D eigenvalue weighted by atomic mass is 9.78. The van der Waals surface area contributed by atoms with Crippen molar-refractivity contribution < 1.29 is 9.90 Å². The number of benzene rings is 2. The molecule has 0 aliphatic carbocycles. The van der Waals surface area contributed by atoms with Gasteiger partial charge >= 0.3 is 0 Å². The number of carbonyl (C=O) groups is 1. The Bertz CT molecular complexity index is 1750. The molecule has 2 aliphatic rings. The van der Waals surface area contributed by atoms with E-state index in [1.807, 2.05) is 59.9 Å². The Hall–Kier alpha value is -3.76. The fraction of sp³-hybridized carbons (Fsp3) is 0.351. The summed E-state index contributed by atoms with van der Waals surface area (Å²) < 4.78 is 4.53. The SMILES string of the molecule is Cc1ccc(-c2ncc(CN3CC[C@@H](C(=O)N4CCC(O)(Cc5ccccc5-c5ccsn5)CC4)[C@H](c4ccccc4)C3)s2)cn1. The average Bonchev–Trinajstić information content (AvgIpc) is 3.79. The highest BCUT2D eigenvalue weighted by molar-refractivity contribution is 7.15. The summed E-state index contributed by atoms with van der Waals surface area (Å²) in [7, 11) is 0. The van der Waals surface area contributed by atoms with Gasteiger partial charge in [0.25, 0.3) is 0 Å². The van der Waals surface area contributed by atoms with E-state index in [9.17, 15) is 9.90 Å². The van der Waals surface area contributed by atoms with Gasteiger partial charge in [0.2, 0.25) is 5.91 Å². The number of rotatable bonds is 8. The third kappa shape index (κ3) is 6.83. The zero-order valence-corrected chi connectivity index (χ0v) is 27.7. The van der Waals surface area contributed by atoms with Crippen LogP contribution in [0.4, 0.5) is 0 Å². The van der Waals surface area contributed by atoms with Crippen molar-refractivity contribution in [3.05, 3.63) is 112 Å². The fourth-order valence-electron chi connectivity index (χ4n) is 7.01. The minimum absolute atomic E-state index is 0.0779. The Kier molecular flexibility index (Phi) is 9.08. The zero-order chi connectivity index (χ0) is 31.5. The molecule has 3 aromatic heterocycles. The van der Waals surface area contributed by atoms with E-state index in [-0.39, 0.29) is 17.7 Å². The van der Waals surface area contributed by atoms with Crippen molar-refractivity contribution in [1.29, 1.82) is 0 Å². The molecular formula is C37H39N5O2S2. The molecule has 9 heteroatoms. The monoisotopic (exact) mass is 649 g/mol. The molecule has 5 aromatic rings. The minimum Gasteiger partial charge on any atom is -0.389 e. The molecule has 2 aliphatic heterocycles. The number of amides is 1. The molecule has 236 valence electrons. The van der Waals surface area contributed by atoms with Crippen LogP contribution in [-0.4, -0.2) is 66.9 Å². The van der Waals surface area contributed by atoms with E-state index in [2.05, 4.69) is 61.7 Å². The standard InChI is InChI=1S/C37H39N5O2S2/c1-26-11-12-29(22-38-26)35-39-23-30(46-35)24-41-17-13-32(33(25-41)27-7-3-2-4-8-27)36(43)42-18-15-37(44,16-19-42)21-28-9-5-6-10-31(28)34-14-20-45-40-34/h2-12,14,20,22-23,32-33,44H,13,15-19,21,24-25H2,1H3/t32-,33+/m1/s1. The average molecular weight is 650 g/mol. The Morgan fingerprint density at radius 2 is 1.76 bits per heavy atom. The fourth-order valence-corrected chi connectivity index (χ4v) is 8.48. The molecule has 0 saturated carbocycles. The van der Waals surface area contributed by atoms with Gasteiger partial charge in [0.05, 0.1) is 11.3 Å². The van der Waals surface area contributed by atoms with Crippen LogP contribution >= 0.6 is 22.9 Å². The van der Waals surface area contributed by atoms with Gasteiger partial charge in [-0.1, -0.05) is 54.6 Å². The van der Waals surface area contributed by atoms with Crippen molar-refractivity contribution in [2.45, 2.75) is 50.7 Å². The summed E-state index contributed by atoms with van der Waals surface area (Å²) in [5.74, 6) is 0.262. The molecule has 0 spiro atoms. The molecular weight excluding hydrogens is 611 g/mol. The van der Waals surface area contributed by atoms with Gasteiger partial charge in [-0.15, -0.1) is 11.3 Å². The van der Waals surface area contributed by atoms with Crippen LogP contribution in [0.2, 0.25) is 0 Å². The van der Waals surface area contributed by atoms with E-state index < -0.39 is 5.60 Å². The van der Waals surface area contributed by atoms with Gasteiger partial charge in [0.1, 0.15) is 5.01 Å². The van der Waals surface area contributed by atoms with Gasteiger partial charge < -0.3 is 10.0 Å². The van der Waals surface area contributed by atoms with Crippen molar-refractivity contribution in [2.24, 2.45) is 5.92 Å². The highest BCUT2D eigenvalue weighted by Crippen LogP contribution is 2.37. The Morgan fingerprint density at radius 3 is 2.52 bits per heavy atom. The number of hydrogen-bond acceptors (Lipinski definition) is 8. The van der Waals surface area contributed by atoms with E-state index in [0.717, 1.165) is 59.1 Å². The number of thiazole rings is 1. The topological polar surface area (TPSA) is 82.5 Å². The maximum absolute atomic E-state index is 14.2. The molecule has 7 rings (SSSR count). The first-order valence-electron chi connectivity index (χ1n) is 16.1. The number of hydrogen-bond donors (Lipinski definition) is 1. The lowest BCUT2D eigenvalue weighted by Gasteiger charge is -2.43. The molecule has 0 bridgehead atoms. The zero-order valence-electron chi connectivity index (χ0n) is 26.1.